The van der Waals surface area contributed by atoms with Crippen LogP contribution in [0.3, 0.4) is 0 Å². The van der Waals surface area contributed by atoms with Crippen LogP contribution in [-0.4, -0.2) is 35.4 Å². The van der Waals surface area contributed by atoms with Crippen molar-refractivity contribution in [1.82, 2.24) is 4.90 Å². The quantitative estimate of drug-likeness (QED) is 0.696. The number of nitriles is 1. The number of hydrogen-bond acceptors (Lipinski definition) is 3. The fourth-order valence-electron chi connectivity index (χ4n) is 1.39. The molecule has 78 valence electrons. The summed E-state index contributed by atoms with van der Waals surface area (Å²) < 4.78 is 0. The first-order valence-corrected chi connectivity index (χ1v) is 6.08. The Labute approximate surface area is 89.5 Å². The summed E-state index contributed by atoms with van der Waals surface area (Å²) >= 11 is 1.87. The maximum atomic E-state index is 12.0. The highest BCUT2D eigenvalue weighted by atomic mass is 32.2. The second-order valence-electron chi connectivity index (χ2n) is 3.70. The summed E-state index contributed by atoms with van der Waals surface area (Å²) in [5.74, 6) is 2.00. The third-order valence-corrected chi connectivity index (χ3v) is 3.67. The molecule has 0 N–H and O–H groups in total. The maximum absolute atomic E-state index is 12.0. The zero-order chi connectivity index (χ0) is 10.6. The number of hydrogen-bond donors (Lipinski definition) is 0. The molecule has 1 saturated heterocycles. The van der Waals surface area contributed by atoms with E-state index < -0.39 is 5.41 Å². The minimum absolute atomic E-state index is 0.00259. The number of carbonyl (C=O) groups is 1. The van der Waals surface area contributed by atoms with Crippen molar-refractivity contribution in [2.24, 2.45) is 5.41 Å². The van der Waals surface area contributed by atoms with E-state index in [0.717, 1.165) is 24.6 Å². The Hall–Kier alpha value is -0.690. The normalized spacial score (nSPS) is 21.1. The van der Waals surface area contributed by atoms with Gasteiger partial charge in [-0.2, -0.15) is 17.0 Å². The van der Waals surface area contributed by atoms with E-state index >= 15 is 0 Å². The molecule has 14 heavy (non-hydrogen) atoms. The first-order valence-electron chi connectivity index (χ1n) is 4.92. The van der Waals surface area contributed by atoms with Crippen LogP contribution in [0, 0.1) is 16.7 Å². The SMILES string of the molecule is CCC(C)(C#N)C(=O)N1CCSCC1. The van der Waals surface area contributed by atoms with Gasteiger partial charge in [-0.3, -0.25) is 4.79 Å². The van der Waals surface area contributed by atoms with Crippen molar-refractivity contribution in [3.05, 3.63) is 0 Å². The predicted molar refractivity (Wildman–Crippen MR) is 57.9 cm³/mol. The van der Waals surface area contributed by atoms with Crippen molar-refractivity contribution in [3.8, 4) is 6.07 Å². The van der Waals surface area contributed by atoms with E-state index in [-0.39, 0.29) is 5.91 Å². The van der Waals surface area contributed by atoms with Gasteiger partial charge in [0.05, 0.1) is 6.07 Å². The van der Waals surface area contributed by atoms with Gasteiger partial charge in [-0.15, -0.1) is 0 Å². The maximum Gasteiger partial charge on any atom is 0.242 e. The van der Waals surface area contributed by atoms with Crippen LogP contribution in [0.1, 0.15) is 20.3 Å². The van der Waals surface area contributed by atoms with Gasteiger partial charge < -0.3 is 4.90 Å². The average molecular weight is 212 g/mol. The van der Waals surface area contributed by atoms with Crippen LogP contribution in [0.4, 0.5) is 0 Å². The van der Waals surface area contributed by atoms with Gasteiger partial charge in [0.1, 0.15) is 5.41 Å². The molecule has 1 atom stereocenters. The van der Waals surface area contributed by atoms with Crippen molar-refractivity contribution in [2.75, 3.05) is 24.6 Å². The fraction of sp³-hybridized carbons (Fsp3) is 0.800. The second kappa shape index (κ2) is 4.70. The van der Waals surface area contributed by atoms with E-state index in [0.29, 0.717) is 6.42 Å². The molecule has 0 aromatic heterocycles. The van der Waals surface area contributed by atoms with E-state index in [1.54, 1.807) is 6.92 Å². The van der Waals surface area contributed by atoms with Crippen LogP contribution in [0.5, 0.6) is 0 Å². The van der Waals surface area contributed by atoms with Gasteiger partial charge in [-0.05, 0) is 13.3 Å². The fourth-order valence-corrected chi connectivity index (χ4v) is 2.30. The van der Waals surface area contributed by atoms with Crippen molar-refractivity contribution >= 4 is 17.7 Å². The Morgan fingerprint density at radius 3 is 2.57 bits per heavy atom. The Bertz CT molecular complexity index is 255. The minimum atomic E-state index is -0.817. The minimum Gasteiger partial charge on any atom is -0.340 e. The molecule has 1 amide bonds. The van der Waals surface area contributed by atoms with Crippen LogP contribution in [-0.2, 0) is 4.79 Å². The number of rotatable bonds is 2. The highest BCUT2D eigenvalue weighted by molar-refractivity contribution is 7.99. The van der Waals surface area contributed by atoms with Gasteiger partial charge in [0, 0.05) is 24.6 Å². The summed E-state index contributed by atoms with van der Waals surface area (Å²) in [6.45, 7) is 5.21. The Morgan fingerprint density at radius 1 is 1.57 bits per heavy atom. The van der Waals surface area contributed by atoms with Crippen LogP contribution in [0.25, 0.3) is 0 Å². The molecule has 0 spiro atoms. The zero-order valence-corrected chi connectivity index (χ0v) is 9.56. The average Bonchev–Trinajstić information content (AvgIpc) is 2.28. The monoisotopic (exact) mass is 212 g/mol. The van der Waals surface area contributed by atoms with E-state index in [4.69, 9.17) is 5.26 Å². The lowest BCUT2D eigenvalue weighted by atomic mass is 9.88. The topological polar surface area (TPSA) is 44.1 Å². The summed E-state index contributed by atoms with van der Waals surface area (Å²) in [5.41, 5.74) is -0.817. The van der Waals surface area contributed by atoms with Gasteiger partial charge in [0.2, 0.25) is 5.91 Å². The smallest absolute Gasteiger partial charge is 0.242 e. The molecular weight excluding hydrogens is 196 g/mol. The molecule has 0 radical (unpaired) electrons. The van der Waals surface area contributed by atoms with Crippen molar-refractivity contribution in [2.45, 2.75) is 20.3 Å². The van der Waals surface area contributed by atoms with Crippen LogP contribution < -0.4 is 0 Å². The zero-order valence-electron chi connectivity index (χ0n) is 8.75. The van der Waals surface area contributed by atoms with Gasteiger partial charge in [-0.1, -0.05) is 6.92 Å². The highest BCUT2D eigenvalue weighted by Crippen LogP contribution is 2.24. The molecule has 0 bridgehead atoms. The van der Waals surface area contributed by atoms with E-state index in [9.17, 15) is 4.79 Å². The number of amides is 1. The molecule has 0 saturated carbocycles. The second-order valence-corrected chi connectivity index (χ2v) is 4.93. The van der Waals surface area contributed by atoms with Crippen LogP contribution >= 0.6 is 11.8 Å². The predicted octanol–water partition coefficient (Wildman–Crippen LogP) is 1.50. The van der Waals surface area contributed by atoms with Crippen LogP contribution in [0.15, 0.2) is 0 Å². The molecule has 1 fully saturated rings. The first-order chi connectivity index (χ1) is 6.64. The van der Waals surface area contributed by atoms with Gasteiger partial charge >= 0.3 is 0 Å². The van der Waals surface area contributed by atoms with E-state index in [1.807, 2.05) is 23.6 Å². The molecule has 3 nitrogen and oxygen atoms in total. The Balaban J connectivity index is 2.67. The molecule has 1 rings (SSSR count). The standard InChI is InChI=1S/C10H16N2OS/c1-3-10(2,8-11)9(13)12-4-6-14-7-5-12/h3-7H2,1-2H3. The largest absolute Gasteiger partial charge is 0.340 e. The lowest BCUT2D eigenvalue weighted by Crippen LogP contribution is -2.45. The molecular formula is C10H16N2OS. The van der Waals surface area contributed by atoms with Crippen molar-refractivity contribution in [3.63, 3.8) is 0 Å². The Morgan fingerprint density at radius 2 is 2.14 bits per heavy atom. The molecule has 4 heteroatoms. The lowest BCUT2D eigenvalue weighted by molar-refractivity contribution is -0.138. The van der Waals surface area contributed by atoms with E-state index in [1.165, 1.54) is 0 Å². The van der Waals surface area contributed by atoms with E-state index in [2.05, 4.69) is 6.07 Å². The first kappa shape index (κ1) is 11.4. The van der Waals surface area contributed by atoms with Crippen LogP contribution in [0.2, 0.25) is 0 Å². The number of thioether (sulfide) groups is 1. The summed E-state index contributed by atoms with van der Waals surface area (Å²) in [4.78, 5) is 13.8. The third kappa shape index (κ3) is 2.21. The molecule has 0 aromatic rings. The highest BCUT2D eigenvalue weighted by Gasteiger charge is 2.35. The molecule has 1 aliphatic rings. The summed E-state index contributed by atoms with van der Waals surface area (Å²) in [6.07, 6.45) is 0.589. The molecule has 1 aliphatic heterocycles. The van der Waals surface area contributed by atoms with Gasteiger partial charge in [0.15, 0.2) is 0 Å². The molecule has 1 heterocycles. The van der Waals surface area contributed by atoms with Gasteiger partial charge in [0.25, 0.3) is 0 Å². The van der Waals surface area contributed by atoms with Crippen molar-refractivity contribution in [1.29, 1.82) is 5.26 Å². The molecule has 0 aliphatic carbocycles. The summed E-state index contributed by atoms with van der Waals surface area (Å²) in [6, 6.07) is 2.13. The number of nitrogens with zero attached hydrogens (tertiary/aromatic N) is 2. The number of carbonyl (C=O) groups excluding carboxylic acids is 1. The third-order valence-electron chi connectivity index (χ3n) is 2.72. The van der Waals surface area contributed by atoms with Crippen molar-refractivity contribution < 1.29 is 4.79 Å². The lowest BCUT2D eigenvalue weighted by Gasteiger charge is -2.31. The Kier molecular flexibility index (Phi) is 3.82. The summed E-state index contributed by atoms with van der Waals surface area (Å²) in [7, 11) is 0. The molecule has 0 aromatic carbocycles. The van der Waals surface area contributed by atoms with Gasteiger partial charge in [-0.25, -0.2) is 0 Å². The molecule has 1 unspecified atom stereocenters. The summed E-state index contributed by atoms with van der Waals surface area (Å²) in [5, 5.41) is 8.98.